The monoisotopic (exact) mass is 461 g/mol. The molecule has 1 saturated carbocycles. The predicted molar refractivity (Wildman–Crippen MR) is 115 cm³/mol. The summed E-state index contributed by atoms with van der Waals surface area (Å²) < 4.78 is 33.6. The number of likely N-dealkylation sites (tertiary alicyclic amines) is 1. The number of halogens is 2. The van der Waals surface area contributed by atoms with E-state index in [1.807, 2.05) is 6.07 Å². The Kier molecular flexibility index (Phi) is 5.84. The molecule has 178 valence electrons. The first-order chi connectivity index (χ1) is 15.8. The number of fused-ring (bicyclic) bond motifs is 1. The van der Waals surface area contributed by atoms with Gasteiger partial charge in [0.05, 0.1) is 0 Å². The number of ether oxygens (including phenoxy) is 1. The molecule has 0 spiro atoms. The van der Waals surface area contributed by atoms with Crippen LogP contribution < -0.4 is 10.1 Å². The minimum Gasteiger partial charge on any atom is -0.489 e. The van der Waals surface area contributed by atoms with Gasteiger partial charge in [0.15, 0.2) is 0 Å². The minimum atomic E-state index is -2.57. The van der Waals surface area contributed by atoms with Crippen LogP contribution in [-0.2, 0) is 16.1 Å². The van der Waals surface area contributed by atoms with Gasteiger partial charge in [0, 0.05) is 50.5 Å². The Morgan fingerprint density at radius 3 is 2.55 bits per heavy atom. The molecule has 3 fully saturated rings. The van der Waals surface area contributed by atoms with E-state index in [0.29, 0.717) is 37.4 Å². The highest BCUT2D eigenvalue weighted by atomic mass is 19.3. The fraction of sp³-hybridized carbons (Fsp3) is 0.625. The molecule has 0 aromatic heterocycles. The average Bonchev–Trinajstić information content (AvgIpc) is 3.10. The summed E-state index contributed by atoms with van der Waals surface area (Å²) in [6.45, 7) is 1.07. The molecule has 3 heterocycles. The van der Waals surface area contributed by atoms with Crippen molar-refractivity contribution in [1.82, 2.24) is 15.1 Å². The zero-order chi connectivity index (χ0) is 23.2. The SMILES string of the molecule is O=C1CC[C@H](N2Cc3cc(OC4CCCCC4N4CCC(F)(F)CC4)ccc3C2=O)C(=O)N1. The van der Waals surface area contributed by atoms with Crippen molar-refractivity contribution in [1.29, 1.82) is 0 Å². The lowest BCUT2D eigenvalue weighted by molar-refractivity contribution is -0.136. The average molecular weight is 462 g/mol. The smallest absolute Gasteiger partial charge is 0.255 e. The van der Waals surface area contributed by atoms with Gasteiger partial charge in [-0.2, -0.15) is 0 Å². The first-order valence-corrected chi connectivity index (χ1v) is 11.9. The minimum absolute atomic E-state index is 0.0770. The van der Waals surface area contributed by atoms with E-state index in [9.17, 15) is 23.2 Å². The van der Waals surface area contributed by atoms with E-state index in [1.165, 1.54) is 4.90 Å². The molecule has 2 saturated heterocycles. The second kappa shape index (κ2) is 8.66. The van der Waals surface area contributed by atoms with E-state index in [-0.39, 0.29) is 43.2 Å². The normalized spacial score (nSPS) is 30.2. The van der Waals surface area contributed by atoms with Gasteiger partial charge in [-0.15, -0.1) is 0 Å². The van der Waals surface area contributed by atoms with E-state index in [0.717, 1.165) is 31.2 Å². The highest BCUT2D eigenvalue weighted by molar-refractivity contribution is 6.05. The summed E-state index contributed by atoms with van der Waals surface area (Å²) in [7, 11) is 0. The number of carbonyl (C=O) groups is 3. The van der Waals surface area contributed by atoms with Crippen molar-refractivity contribution in [3.63, 3.8) is 0 Å². The van der Waals surface area contributed by atoms with Gasteiger partial charge in [-0.25, -0.2) is 8.78 Å². The van der Waals surface area contributed by atoms with Crippen LogP contribution in [0, 0.1) is 0 Å². The number of hydrogen-bond donors (Lipinski definition) is 1. The zero-order valence-corrected chi connectivity index (χ0v) is 18.5. The third-order valence-corrected chi connectivity index (χ3v) is 7.45. The number of rotatable bonds is 4. The van der Waals surface area contributed by atoms with Crippen LogP contribution in [-0.4, -0.2) is 64.7 Å². The topological polar surface area (TPSA) is 79.0 Å². The lowest BCUT2D eigenvalue weighted by Crippen LogP contribution is -2.52. The summed E-state index contributed by atoms with van der Waals surface area (Å²) in [5.41, 5.74) is 1.35. The van der Waals surface area contributed by atoms with E-state index in [1.54, 1.807) is 12.1 Å². The Morgan fingerprint density at radius 2 is 1.79 bits per heavy atom. The van der Waals surface area contributed by atoms with E-state index in [2.05, 4.69) is 10.2 Å². The van der Waals surface area contributed by atoms with Crippen LogP contribution >= 0.6 is 0 Å². The Labute approximate surface area is 191 Å². The van der Waals surface area contributed by atoms with Crippen LogP contribution in [0.25, 0.3) is 0 Å². The van der Waals surface area contributed by atoms with Crippen LogP contribution in [0.1, 0.15) is 67.3 Å². The van der Waals surface area contributed by atoms with Crippen molar-refractivity contribution < 1.29 is 27.9 Å². The summed E-state index contributed by atoms with van der Waals surface area (Å²) >= 11 is 0. The molecule has 0 radical (unpaired) electrons. The standard InChI is InChI=1S/C24H29F2N3O4/c25-24(26)9-11-28(12-10-24)18-3-1-2-4-20(18)33-16-5-6-17-15(13-16)14-29(23(17)32)19-7-8-21(30)27-22(19)31/h5-6,13,18-20H,1-4,7-12,14H2,(H,27,30,31)/t18?,19-,20?/m0/s1. The molecule has 1 aromatic rings. The molecule has 0 bridgehead atoms. The number of piperidine rings is 2. The Morgan fingerprint density at radius 1 is 1.03 bits per heavy atom. The van der Waals surface area contributed by atoms with Crippen LogP contribution in [0.5, 0.6) is 5.75 Å². The molecule has 3 aliphatic heterocycles. The lowest BCUT2D eigenvalue weighted by Gasteiger charge is -2.43. The Hall–Kier alpha value is -2.55. The molecule has 2 unspecified atom stereocenters. The third kappa shape index (κ3) is 4.47. The molecule has 1 aliphatic carbocycles. The van der Waals surface area contributed by atoms with Crippen molar-refractivity contribution in [2.24, 2.45) is 0 Å². The van der Waals surface area contributed by atoms with E-state index in [4.69, 9.17) is 4.74 Å². The molecule has 4 aliphatic rings. The quantitative estimate of drug-likeness (QED) is 0.698. The highest BCUT2D eigenvalue weighted by Gasteiger charge is 2.41. The van der Waals surface area contributed by atoms with E-state index < -0.39 is 17.9 Å². The zero-order valence-electron chi connectivity index (χ0n) is 18.5. The van der Waals surface area contributed by atoms with Crippen LogP contribution in [0.15, 0.2) is 18.2 Å². The number of nitrogens with one attached hydrogen (secondary N) is 1. The number of amides is 3. The van der Waals surface area contributed by atoms with Crippen LogP contribution in [0.4, 0.5) is 8.78 Å². The van der Waals surface area contributed by atoms with Gasteiger partial charge in [0.2, 0.25) is 11.8 Å². The number of hydrogen-bond acceptors (Lipinski definition) is 5. The van der Waals surface area contributed by atoms with Crippen molar-refractivity contribution in [3.05, 3.63) is 29.3 Å². The van der Waals surface area contributed by atoms with Gasteiger partial charge >= 0.3 is 0 Å². The van der Waals surface area contributed by atoms with Gasteiger partial charge in [0.1, 0.15) is 17.9 Å². The number of carbonyl (C=O) groups excluding carboxylic acids is 3. The number of benzene rings is 1. The van der Waals surface area contributed by atoms with Gasteiger partial charge in [-0.05, 0) is 49.4 Å². The first kappa shape index (κ1) is 22.3. The maximum Gasteiger partial charge on any atom is 0.255 e. The summed E-state index contributed by atoms with van der Waals surface area (Å²) in [6.07, 6.45) is 4.17. The predicted octanol–water partition coefficient (Wildman–Crippen LogP) is 2.87. The number of alkyl halides is 2. The van der Waals surface area contributed by atoms with Gasteiger partial charge in [-0.1, -0.05) is 6.42 Å². The van der Waals surface area contributed by atoms with Gasteiger partial charge in [-0.3, -0.25) is 24.6 Å². The largest absolute Gasteiger partial charge is 0.489 e. The maximum atomic E-state index is 13.6. The molecule has 3 atom stereocenters. The number of imide groups is 1. The van der Waals surface area contributed by atoms with E-state index >= 15 is 0 Å². The van der Waals surface area contributed by atoms with Crippen LogP contribution in [0.3, 0.4) is 0 Å². The molecule has 9 heteroatoms. The van der Waals surface area contributed by atoms with Crippen LogP contribution in [0.2, 0.25) is 0 Å². The van der Waals surface area contributed by atoms with Crippen molar-refractivity contribution >= 4 is 17.7 Å². The molecular formula is C24H29F2N3O4. The van der Waals surface area contributed by atoms with Crippen molar-refractivity contribution in [2.45, 2.75) is 82.0 Å². The molecular weight excluding hydrogens is 432 g/mol. The fourth-order valence-electron chi connectivity index (χ4n) is 5.61. The van der Waals surface area contributed by atoms with Gasteiger partial charge < -0.3 is 9.64 Å². The second-order valence-electron chi connectivity index (χ2n) is 9.62. The molecule has 1 N–H and O–H groups in total. The maximum absolute atomic E-state index is 13.6. The number of nitrogens with zero attached hydrogens (tertiary/aromatic N) is 2. The molecule has 7 nitrogen and oxygen atoms in total. The fourth-order valence-corrected chi connectivity index (χ4v) is 5.61. The molecule has 33 heavy (non-hydrogen) atoms. The van der Waals surface area contributed by atoms with Gasteiger partial charge in [0.25, 0.3) is 11.8 Å². The molecule has 5 rings (SSSR count). The summed E-state index contributed by atoms with van der Waals surface area (Å²) in [6, 6.07) is 4.84. The summed E-state index contributed by atoms with van der Waals surface area (Å²) in [4.78, 5) is 40.3. The molecule has 1 aromatic carbocycles. The second-order valence-corrected chi connectivity index (χ2v) is 9.62. The molecule has 3 amide bonds. The first-order valence-electron chi connectivity index (χ1n) is 11.9. The Balaban J connectivity index is 1.28. The lowest BCUT2D eigenvalue weighted by atomic mass is 9.89. The van der Waals surface area contributed by atoms with Crippen molar-refractivity contribution in [3.8, 4) is 5.75 Å². The third-order valence-electron chi connectivity index (χ3n) is 7.45. The highest BCUT2D eigenvalue weighted by Crippen LogP contribution is 2.35. The summed E-state index contributed by atoms with van der Waals surface area (Å²) in [5.74, 6) is -2.86. The van der Waals surface area contributed by atoms with Crippen molar-refractivity contribution in [2.75, 3.05) is 13.1 Å². The summed E-state index contributed by atoms with van der Waals surface area (Å²) in [5, 5.41) is 2.31. The Bertz CT molecular complexity index is 959.